The Morgan fingerprint density at radius 3 is 2.59 bits per heavy atom. The topological polar surface area (TPSA) is 73.2 Å². The lowest BCUT2D eigenvalue weighted by Crippen LogP contribution is -2.37. The van der Waals surface area contributed by atoms with Crippen molar-refractivity contribution in [3.63, 3.8) is 0 Å². The second kappa shape index (κ2) is 6.84. The SMILES string of the molecule is CCOC(=O)C(=O)NC(c1ccc(F)cc1)c1nccn1C. The molecule has 0 radical (unpaired) electrons. The molecule has 1 unspecified atom stereocenters. The molecule has 1 heterocycles. The standard InChI is InChI=1S/C15H16FN3O3/c1-3-22-15(21)14(20)18-12(13-17-8-9-19(13)2)10-4-6-11(16)7-5-10/h4-9,12H,3H2,1-2H3,(H,18,20). The van der Waals surface area contributed by atoms with Gasteiger partial charge >= 0.3 is 11.9 Å². The number of aryl methyl sites for hydroxylation is 1. The zero-order chi connectivity index (χ0) is 16.1. The lowest BCUT2D eigenvalue weighted by molar-refractivity contribution is -0.154. The van der Waals surface area contributed by atoms with Crippen molar-refractivity contribution >= 4 is 11.9 Å². The number of amides is 1. The third-order valence-electron chi connectivity index (χ3n) is 3.06. The Balaban J connectivity index is 2.30. The Labute approximate surface area is 126 Å². The molecular weight excluding hydrogens is 289 g/mol. The Morgan fingerprint density at radius 1 is 1.36 bits per heavy atom. The van der Waals surface area contributed by atoms with Crippen molar-refractivity contribution in [1.82, 2.24) is 14.9 Å². The summed E-state index contributed by atoms with van der Waals surface area (Å²) >= 11 is 0. The Kier molecular flexibility index (Phi) is 4.88. The number of benzene rings is 1. The molecule has 1 aromatic heterocycles. The van der Waals surface area contributed by atoms with Crippen molar-refractivity contribution in [3.05, 3.63) is 53.9 Å². The van der Waals surface area contributed by atoms with Gasteiger partial charge in [0, 0.05) is 19.4 Å². The minimum absolute atomic E-state index is 0.107. The van der Waals surface area contributed by atoms with Gasteiger partial charge in [-0.1, -0.05) is 12.1 Å². The Bertz CT molecular complexity index is 667. The number of hydrogen-bond acceptors (Lipinski definition) is 4. The van der Waals surface area contributed by atoms with Gasteiger partial charge in [-0.25, -0.2) is 14.2 Å². The number of esters is 1. The van der Waals surface area contributed by atoms with E-state index in [4.69, 9.17) is 0 Å². The lowest BCUT2D eigenvalue weighted by Gasteiger charge is -2.18. The highest BCUT2D eigenvalue weighted by Gasteiger charge is 2.24. The van der Waals surface area contributed by atoms with Crippen LogP contribution >= 0.6 is 0 Å². The fourth-order valence-corrected chi connectivity index (χ4v) is 1.99. The average molecular weight is 305 g/mol. The molecule has 1 amide bonds. The van der Waals surface area contributed by atoms with Gasteiger partial charge in [0.15, 0.2) is 0 Å². The van der Waals surface area contributed by atoms with E-state index >= 15 is 0 Å². The van der Waals surface area contributed by atoms with Crippen LogP contribution in [0.4, 0.5) is 4.39 Å². The summed E-state index contributed by atoms with van der Waals surface area (Å²) in [5.74, 6) is -1.72. The fourth-order valence-electron chi connectivity index (χ4n) is 1.99. The highest BCUT2D eigenvalue weighted by atomic mass is 19.1. The first-order valence-electron chi connectivity index (χ1n) is 6.73. The summed E-state index contributed by atoms with van der Waals surface area (Å²) in [6.45, 7) is 1.72. The maximum Gasteiger partial charge on any atom is 0.396 e. The van der Waals surface area contributed by atoms with Crippen molar-refractivity contribution in [2.75, 3.05) is 6.61 Å². The van der Waals surface area contributed by atoms with E-state index < -0.39 is 17.9 Å². The maximum absolute atomic E-state index is 13.1. The van der Waals surface area contributed by atoms with Crippen molar-refractivity contribution in [2.45, 2.75) is 13.0 Å². The predicted molar refractivity (Wildman–Crippen MR) is 76.2 cm³/mol. The number of carbonyl (C=O) groups excluding carboxylic acids is 2. The molecule has 0 bridgehead atoms. The van der Waals surface area contributed by atoms with Crippen LogP contribution in [0.1, 0.15) is 24.4 Å². The number of rotatable bonds is 4. The van der Waals surface area contributed by atoms with Gasteiger partial charge in [0.05, 0.1) is 6.61 Å². The molecular formula is C15H16FN3O3. The van der Waals surface area contributed by atoms with Crippen LogP contribution in [0.25, 0.3) is 0 Å². The van der Waals surface area contributed by atoms with Gasteiger partial charge in [-0.15, -0.1) is 0 Å². The average Bonchev–Trinajstić information content (AvgIpc) is 2.92. The molecule has 22 heavy (non-hydrogen) atoms. The number of ether oxygens (including phenoxy) is 1. The first-order chi connectivity index (χ1) is 10.5. The van der Waals surface area contributed by atoms with Gasteiger partial charge in [-0.3, -0.25) is 4.79 Å². The van der Waals surface area contributed by atoms with E-state index in [2.05, 4.69) is 15.0 Å². The van der Waals surface area contributed by atoms with Crippen molar-refractivity contribution in [3.8, 4) is 0 Å². The highest BCUT2D eigenvalue weighted by molar-refractivity contribution is 6.32. The Morgan fingerprint density at radius 2 is 2.05 bits per heavy atom. The van der Waals surface area contributed by atoms with Crippen molar-refractivity contribution in [1.29, 1.82) is 0 Å². The van der Waals surface area contributed by atoms with Crippen molar-refractivity contribution < 1.29 is 18.7 Å². The third-order valence-corrected chi connectivity index (χ3v) is 3.06. The molecule has 1 aromatic carbocycles. The zero-order valence-corrected chi connectivity index (χ0v) is 12.2. The molecule has 0 aliphatic rings. The molecule has 0 saturated carbocycles. The monoisotopic (exact) mass is 305 g/mol. The van der Waals surface area contributed by atoms with Crippen LogP contribution in [0.2, 0.25) is 0 Å². The van der Waals surface area contributed by atoms with Gasteiger partial charge in [-0.05, 0) is 24.6 Å². The second-order valence-electron chi connectivity index (χ2n) is 4.57. The molecule has 116 valence electrons. The quantitative estimate of drug-likeness (QED) is 0.683. The van der Waals surface area contributed by atoms with Crippen LogP contribution in [0.3, 0.4) is 0 Å². The van der Waals surface area contributed by atoms with Crippen LogP contribution in [-0.4, -0.2) is 28.0 Å². The van der Waals surface area contributed by atoms with Gasteiger partial charge in [0.25, 0.3) is 0 Å². The summed E-state index contributed by atoms with van der Waals surface area (Å²) in [4.78, 5) is 27.6. The maximum atomic E-state index is 13.1. The van der Waals surface area contributed by atoms with E-state index in [0.29, 0.717) is 11.4 Å². The molecule has 0 aliphatic heterocycles. The third kappa shape index (κ3) is 3.49. The normalized spacial score (nSPS) is 11.8. The van der Waals surface area contributed by atoms with E-state index in [-0.39, 0.29) is 12.4 Å². The summed E-state index contributed by atoms with van der Waals surface area (Å²) in [5.41, 5.74) is 0.605. The predicted octanol–water partition coefficient (Wildman–Crippen LogP) is 1.33. The minimum atomic E-state index is -0.969. The summed E-state index contributed by atoms with van der Waals surface area (Å²) in [6.07, 6.45) is 3.28. The molecule has 2 aromatic rings. The molecule has 0 aliphatic carbocycles. The van der Waals surface area contributed by atoms with E-state index in [1.165, 1.54) is 24.3 Å². The molecule has 6 nitrogen and oxygen atoms in total. The Hall–Kier alpha value is -2.70. The largest absolute Gasteiger partial charge is 0.459 e. The minimum Gasteiger partial charge on any atom is -0.459 e. The molecule has 0 fully saturated rings. The summed E-state index contributed by atoms with van der Waals surface area (Å²) in [7, 11) is 1.76. The molecule has 7 heteroatoms. The van der Waals surface area contributed by atoms with Gasteiger partial charge in [0.1, 0.15) is 17.7 Å². The van der Waals surface area contributed by atoms with E-state index in [1.54, 1.807) is 30.9 Å². The molecule has 0 spiro atoms. The summed E-state index contributed by atoms with van der Waals surface area (Å²) < 4.78 is 19.5. The number of nitrogens with one attached hydrogen (secondary N) is 1. The summed E-state index contributed by atoms with van der Waals surface area (Å²) in [6, 6.07) is 4.93. The molecule has 0 saturated heterocycles. The number of aromatic nitrogens is 2. The second-order valence-corrected chi connectivity index (χ2v) is 4.57. The smallest absolute Gasteiger partial charge is 0.396 e. The van der Waals surface area contributed by atoms with Crippen LogP contribution in [0, 0.1) is 5.82 Å². The van der Waals surface area contributed by atoms with Crippen LogP contribution in [0.15, 0.2) is 36.7 Å². The molecule has 1 N–H and O–H groups in total. The number of halogens is 1. The van der Waals surface area contributed by atoms with Gasteiger partial charge in [-0.2, -0.15) is 0 Å². The number of imidazole rings is 1. The number of nitrogens with zero attached hydrogens (tertiary/aromatic N) is 2. The summed E-state index contributed by atoms with van der Waals surface area (Å²) in [5, 5.41) is 2.56. The van der Waals surface area contributed by atoms with E-state index in [9.17, 15) is 14.0 Å². The van der Waals surface area contributed by atoms with Gasteiger partial charge in [0.2, 0.25) is 0 Å². The molecule has 1 atom stereocenters. The zero-order valence-electron chi connectivity index (χ0n) is 12.2. The number of carbonyl (C=O) groups is 2. The van der Waals surface area contributed by atoms with E-state index in [0.717, 1.165) is 0 Å². The highest BCUT2D eigenvalue weighted by Crippen LogP contribution is 2.20. The fraction of sp³-hybridized carbons (Fsp3) is 0.267. The first kappa shape index (κ1) is 15.7. The number of hydrogen-bond donors (Lipinski definition) is 1. The lowest BCUT2D eigenvalue weighted by atomic mass is 10.1. The van der Waals surface area contributed by atoms with E-state index in [1.807, 2.05) is 0 Å². The van der Waals surface area contributed by atoms with Crippen LogP contribution in [-0.2, 0) is 21.4 Å². The van der Waals surface area contributed by atoms with Gasteiger partial charge < -0.3 is 14.6 Å². The molecule has 2 rings (SSSR count). The van der Waals surface area contributed by atoms with Crippen molar-refractivity contribution in [2.24, 2.45) is 7.05 Å². The van der Waals surface area contributed by atoms with Crippen LogP contribution < -0.4 is 5.32 Å². The first-order valence-corrected chi connectivity index (χ1v) is 6.73. The van der Waals surface area contributed by atoms with Crippen LogP contribution in [0.5, 0.6) is 0 Å².